The maximum Gasteiger partial charge on any atom is 0.122 e. The lowest BCUT2D eigenvalue weighted by Crippen LogP contribution is -2.11. The van der Waals surface area contributed by atoms with Crippen LogP contribution < -0.4 is 4.74 Å². The van der Waals surface area contributed by atoms with Crippen molar-refractivity contribution in [1.29, 1.82) is 0 Å². The minimum Gasteiger partial charge on any atom is -0.493 e. The first-order valence-electron chi connectivity index (χ1n) is 17.3. The van der Waals surface area contributed by atoms with Crippen molar-refractivity contribution in [3.05, 3.63) is 185 Å². The number of aryl methyl sites for hydroxylation is 2. The first-order chi connectivity index (χ1) is 23.0. The second-order valence-electron chi connectivity index (χ2n) is 12.9. The van der Waals surface area contributed by atoms with Crippen molar-refractivity contribution >= 4 is 10.8 Å². The Balaban J connectivity index is 0.000000124. The molecule has 2 aliphatic rings. The maximum absolute atomic E-state index is 5.49. The van der Waals surface area contributed by atoms with Crippen LogP contribution in [0.2, 0.25) is 0 Å². The molecule has 47 heavy (non-hydrogen) atoms. The zero-order chi connectivity index (χ0) is 32.8. The Labute approximate surface area is 283 Å². The molecule has 1 heterocycles. The minimum absolute atomic E-state index is 0.484. The summed E-state index contributed by atoms with van der Waals surface area (Å²) in [6.07, 6.45) is 5.19. The summed E-state index contributed by atoms with van der Waals surface area (Å²) in [5.41, 5.74) is 8.62. The summed E-state index contributed by atoms with van der Waals surface area (Å²) in [4.78, 5) is 0. The Morgan fingerprint density at radius 1 is 0.553 bits per heavy atom. The molecule has 0 spiro atoms. The van der Waals surface area contributed by atoms with Crippen LogP contribution in [0.15, 0.2) is 152 Å². The molecule has 1 aliphatic heterocycles. The van der Waals surface area contributed by atoms with E-state index in [1.54, 1.807) is 11.1 Å². The normalized spacial score (nSPS) is 16.0. The molecule has 2 atom stereocenters. The fraction of sp³-hybridized carbons (Fsp3) is 0.261. The van der Waals surface area contributed by atoms with Crippen molar-refractivity contribution in [3.8, 4) is 5.75 Å². The van der Waals surface area contributed by atoms with Crippen LogP contribution >= 0.6 is 0 Å². The lowest BCUT2D eigenvalue weighted by Gasteiger charge is -2.22. The topological polar surface area (TPSA) is 9.23 Å². The highest BCUT2D eigenvalue weighted by Crippen LogP contribution is 2.32. The summed E-state index contributed by atoms with van der Waals surface area (Å²) in [5, 5.41) is 2.68. The molecule has 0 N–H and O–H groups in total. The fourth-order valence-corrected chi connectivity index (χ4v) is 6.58. The van der Waals surface area contributed by atoms with E-state index in [-0.39, 0.29) is 0 Å². The van der Waals surface area contributed by atoms with Crippen LogP contribution in [0.1, 0.15) is 91.2 Å². The summed E-state index contributed by atoms with van der Waals surface area (Å²) < 4.78 is 5.49. The summed E-state index contributed by atoms with van der Waals surface area (Å²) in [6, 6.07) is 53.2. The average Bonchev–Trinajstić information content (AvgIpc) is 3.14. The average molecular weight is 619 g/mol. The number of para-hydroxylation sites is 1. The van der Waals surface area contributed by atoms with Crippen LogP contribution in [0.25, 0.3) is 10.8 Å². The molecule has 0 radical (unpaired) electrons. The van der Waals surface area contributed by atoms with Gasteiger partial charge in [-0.2, -0.15) is 0 Å². The molecule has 240 valence electrons. The summed E-state index contributed by atoms with van der Waals surface area (Å²) in [5.74, 6) is 3.02. The number of hydrogen-bond acceptors (Lipinski definition) is 1. The van der Waals surface area contributed by atoms with Crippen LogP contribution in [0.3, 0.4) is 0 Å². The quantitative estimate of drug-likeness (QED) is 0.188. The van der Waals surface area contributed by atoms with E-state index in [4.69, 9.17) is 4.74 Å². The van der Waals surface area contributed by atoms with E-state index in [0.717, 1.165) is 24.7 Å². The van der Waals surface area contributed by atoms with Crippen molar-refractivity contribution < 1.29 is 4.74 Å². The van der Waals surface area contributed by atoms with Gasteiger partial charge in [0.15, 0.2) is 0 Å². The van der Waals surface area contributed by atoms with E-state index in [2.05, 4.69) is 167 Å². The molecule has 6 aromatic rings. The van der Waals surface area contributed by atoms with Gasteiger partial charge in [-0.25, -0.2) is 0 Å². The Kier molecular flexibility index (Phi) is 12.4. The third-order valence-electron chi connectivity index (χ3n) is 9.53. The molecule has 0 saturated carbocycles. The Morgan fingerprint density at radius 3 is 1.77 bits per heavy atom. The lowest BCUT2D eigenvalue weighted by atomic mass is 9.84. The second-order valence-corrected chi connectivity index (χ2v) is 12.9. The van der Waals surface area contributed by atoms with Crippen molar-refractivity contribution in [3.63, 3.8) is 0 Å². The molecule has 0 aromatic heterocycles. The number of ether oxygens (including phenoxy) is 1. The largest absolute Gasteiger partial charge is 0.493 e. The molecule has 0 amide bonds. The zero-order valence-electron chi connectivity index (χ0n) is 28.6. The first kappa shape index (κ1) is 33.7. The Hall–Kier alpha value is -4.62. The van der Waals surface area contributed by atoms with Gasteiger partial charge in [0.25, 0.3) is 0 Å². The van der Waals surface area contributed by atoms with Crippen molar-refractivity contribution in [1.82, 2.24) is 0 Å². The van der Waals surface area contributed by atoms with E-state index in [1.807, 2.05) is 12.1 Å². The molecular formula is C46H50O. The molecule has 6 aromatic carbocycles. The van der Waals surface area contributed by atoms with Gasteiger partial charge in [-0.3, -0.25) is 0 Å². The van der Waals surface area contributed by atoms with Crippen molar-refractivity contribution in [2.75, 3.05) is 6.61 Å². The summed E-state index contributed by atoms with van der Waals surface area (Å²) >= 11 is 0. The smallest absolute Gasteiger partial charge is 0.122 e. The molecule has 8 rings (SSSR count). The van der Waals surface area contributed by atoms with E-state index in [0.29, 0.717) is 11.8 Å². The van der Waals surface area contributed by atoms with Crippen LogP contribution in [0.4, 0.5) is 0 Å². The van der Waals surface area contributed by atoms with Crippen LogP contribution in [-0.2, 0) is 6.42 Å². The first-order valence-corrected chi connectivity index (χ1v) is 17.3. The number of hydrogen-bond donors (Lipinski definition) is 0. The van der Waals surface area contributed by atoms with Crippen LogP contribution in [0.5, 0.6) is 5.75 Å². The van der Waals surface area contributed by atoms with E-state index in [9.17, 15) is 0 Å². The van der Waals surface area contributed by atoms with Crippen molar-refractivity contribution in [2.45, 2.75) is 71.1 Å². The third-order valence-corrected chi connectivity index (χ3v) is 9.53. The summed E-state index contributed by atoms with van der Waals surface area (Å²) in [6.45, 7) is 9.84. The molecule has 0 bridgehead atoms. The maximum atomic E-state index is 5.49. The van der Waals surface area contributed by atoms with Crippen LogP contribution in [-0.4, -0.2) is 6.61 Å². The third kappa shape index (κ3) is 9.46. The van der Waals surface area contributed by atoms with Gasteiger partial charge in [0.2, 0.25) is 0 Å². The minimum atomic E-state index is 0.484. The van der Waals surface area contributed by atoms with Gasteiger partial charge < -0.3 is 4.74 Å². The van der Waals surface area contributed by atoms with Crippen molar-refractivity contribution in [2.24, 2.45) is 0 Å². The standard InChI is InChI=1S/C14H14.C11H14.C11H10.C10H12O/c1-12(13-8-4-2-5-9-13)14-10-6-3-7-11-14;2*1-9-5-4-7-10-6-2-3-8-11(9)10;1-8-6-7-11-10-5-3-2-4-9(8)10/h2-12H,1H3;2-3,6,8-9H,4-5,7H2,1H3;2-8H,1H3;2-5,8H,6-7H2,1H3. The predicted octanol–water partition coefficient (Wildman–Crippen LogP) is 12.7. The molecule has 1 heteroatoms. The molecule has 1 aliphatic carbocycles. The zero-order valence-corrected chi connectivity index (χ0v) is 28.6. The van der Waals surface area contributed by atoms with E-state index >= 15 is 0 Å². The van der Waals surface area contributed by atoms with E-state index in [1.165, 1.54) is 52.3 Å². The monoisotopic (exact) mass is 618 g/mol. The number of benzene rings is 6. The predicted molar refractivity (Wildman–Crippen MR) is 202 cm³/mol. The van der Waals surface area contributed by atoms with E-state index < -0.39 is 0 Å². The number of rotatable bonds is 2. The highest BCUT2D eigenvalue weighted by atomic mass is 16.5. The van der Waals surface area contributed by atoms with Gasteiger partial charge in [-0.15, -0.1) is 0 Å². The van der Waals surface area contributed by atoms with Gasteiger partial charge >= 0.3 is 0 Å². The van der Waals surface area contributed by atoms with Gasteiger partial charge in [-0.1, -0.05) is 166 Å². The Bertz CT molecular complexity index is 1690. The fourth-order valence-electron chi connectivity index (χ4n) is 6.58. The van der Waals surface area contributed by atoms with Gasteiger partial charge in [-0.05, 0) is 94.7 Å². The van der Waals surface area contributed by atoms with Crippen LogP contribution in [0, 0.1) is 6.92 Å². The summed E-state index contributed by atoms with van der Waals surface area (Å²) in [7, 11) is 0. The molecule has 0 fully saturated rings. The highest BCUT2D eigenvalue weighted by molar-refractivity contribution is 5.85. The number of fused-ring (bicyclic) bond motifs is 3. The van der Waals surface area contributed by atoms with Gasteiger partial charge in [0.1, 0.15) is 5.75 Å². The van der Waals surface area contributed by atoms with Gasteiger partial charge in [0.05, 0.1) is 6.61 Å². The Morgan fingerprint density at radius 2 is 1.11 bits per heavy atom. The SMILES string of the molecule is CC(c1ccccc1)c1ccccc1.CC1CCCc2ccccc21.CC1CCOc2ccccc21.Cc1cccc2ccccc12. The lowest BCUT2D eigenvalue weighted by molar-refractivity contribution is 0.272. The second kappa shape index (κ2) is 17.3. The molecule has 0 saturated heterocycles. The molecule has 1 nitrogen and oxygen atoms in total. The molecule has 2 unspecified atom stereocenters. The highest BCUT2D eigenvalue weighted by Gasteiger charge is 2.16. The molecular weight excluding hydrogens is 569 g/mol. The van der Waals surface area contributed by atoms with Gasteiger partial charge in [0, 0.05) is 5.92 Å².